The van der Waals surface area contributed by atoms with Gasteiger partial charge in [0.1, 0.15) is 0 Å². The Kier molecular flexibility index (Phi) is 3.76. The molecule has 0 fully saturated rings. The van der Waals surface area contributed by atoms with Crippen molar-refractivity contribution in [1.82, 2.24) is 0 Å². The second-order valence-corrected chi connectivity index (χ2v) is 2.75. The zero-order chi connectivity index (χ0) is 8.55. The van der Waals surface area contributed by atoms with Crippen molar-refractivity contribution in [2.75, 3.05) is 5.73 Å². The number of nitrogens with two attached hydrogens (primary N) is 1. The van der Waals surface area contributed by atoms with Crippen molar-refractivity contribution in [1.29, 1.82) is 0 Å². The van der Waals surface area contributed by atoms with E-state index in [9.17, 15) is 0 Å². The molecule has 0 saturated carbocycles. The van der Waals surface area contributed by atoms with Gasteiger partial charge in [-0.05, 0) is 16.8 Å². The van der Waals surface area contributed by atoms with Crippen LogP contribution < -0.4 is 57.1 Å². The zero-order valence-corrected chi connectivity index (χ0v) is 10.7. The van der Waals surface area contributed by atoms with Crippen LogP contribution in [0.5, 0.6) is 0 Å². The second kappa shape index (κ2) is 4.44. The Morgan fingerprint density at radius 3 is 2.23 bits per heavy atom. The van der Waals surface area contributed by atoms with Crippen molar-refractivity contribution in [3.8, 4) is 0 Å². The molecule has 0 aromatic heterocycles. The normalized spacial score (nSPS) is 9.54. The van der Waals surface area contributed by atoms with E-state index in [1.807, 2.05) is 30.3 Å². The maximum atomic E-state index is 7.62. The first-order valence-corrected chi connectivity index (χ1v) is 3.78. The largest absolute Gasteiger partial charge is 1.00 e. The molecule has 0 unspecified atom stereocenters. The van der Waals surface area contributed by atoms with Crippen molar-refractivity contribution < 1.29 is 51.4 Å². The number of nitrogens with one attached hydrogen (secondary N) is 1. The Labute approximate surface area is 120 Å². The van der Waals surface area contributed by atoms with Crippen LogP contribution in [0.15, 0.2) is 36.4 Å². The number of fused-ring (bicyclic) bond motifs is 1. The third-order valence-corrected chi connectivity index (χ3v) is 1.94. The van der Waals surface area contributed by atoms with Gasteiger partial charge in [-0.2, -0.15) is 0 Å². The van der Waals surface area contributed by atoms with Gasteiger partial charge in [0.05, 0.1) is 0 Å². The summed E-state index contributed by atoms with van der Waals surface area (Å²) < 4.78 is 0. The quantitative estimate of drug-likeness (QED) is 0.472. The molecule has 2 aromatic rings. The van der Waals surface area contributed by atoms with E-state index in [-0.39, 0.29) is 51.4 Å². The first-order valence-electron chi connectivity index (χ1n) is 3.78. The summed E-state index contributed by atoms with van der Waals surface area (Å²) in [6.07, 6.45) is 0. The van der Waals surface area contributed by atoms with E-state index in [1.165, 1.54) is 0 Å². The first-order chi connectivity index (χ1) is 5.79. The number of rotatable bonds is 0. The summed E-state index contributed by atoms with van der Waals surface area (Å²) in [6, 6.07) is 11.3. The third-order valence-electron chi connectivity index (χ3n) is 1.94. The number of hydrogen-bond donors (Lipinski definition) is 1. The summed E-state index contributed by atoms with van der Waals surface area (Å²) in [6.45, 7) is 0. The molecule has 2 aromatic carbocycles. The molecule has 0 atom stereocenters. The van der Waals surface area contributed by atoms with Crippen LogP contribution in [0.2, 0.25) is 0 Å². The molecule has 60 valence electrons. The van der Waals surface area contributed by atoms with E-state index in [1.54, 1.807) is 6.07 Å². The van der Waals surface area contributed by atoms with Crippen LogP contribution in [0.3, 0.4) is 0 Å². The molecule has 0 spiro atoms. The minimum absolute atomic E-state index is 0. The number of anilines is 1. The monoisotopic (exact) mass is 196 g/mol. The summed E-state index contributed by atoms with van der Waals surface area (Å²) in [5.41, 5.74) is 14.5. The zero-order valence-electron chi connectivity index (χ0n) is 7.54. The SMILES string of the molecule is [K+].[NH-]c1cccc2cccc(N)c12. The molecule has 0 saturated heterocycles. The topological polar surface area (TPSA) is 49.8 Å². The molecular formula is C10H9KN2. The van der Waals surface area contributed by atoms with Crippen LogP contribution in [-0.2, 0) is 0 Å². The predicted molar refractivity (Wildman–Crippen MR) is 52.3 cm³/mol. The van der Waals surface area contributed by atoms with Gasteiger partial charge in [-0.25, -0.2) is 0 Å². The van der Waals surface area contributed by atoms with Gasteiger partial charge in [-0.3, -0.25) is 0 Å². The van der Waals surface area contributed by atoms with E-state index >= 15 is 0 Å². The molecule has 3 heteroatoms. The van der Waals surface area contributed by atoms with Gasteiger partial charge in [-0.15, -0.1) is 5.69 Å². The fraction of sp³-hybridized carbons (Fsp3) is 0. The van der Waals surface area contributed by atoms with Gasteiger partial charge in [-0.1, -0.05) is 30.3 Å². The summed E-state index contributed by atoms with van der Waals surface area (Å²) in [5, 5.41) is 1.88. The molecule has 0 heterocycles. The minimum atomic E-state index is 0. The molecule has 2 rings (SSSR count). The Morgan fingerprint density at radius 1 is 1.00 bits per heavy atom. The fourth-order valence-corrected chi connectivity index (χ4v) is 1.37. The number of hydrogen-bond acceptors (Lipinski definition) is 1. The summed E-state index contributed by atoms with van der Waals surface area (Å²) in [4.78, 5) is 0. The summed E-state index contributed by atoms with van der Waals surface area (Å²) in [7, 11) is 0. The maximum Gasteiger partial charge on any atom is 1.00 e. The predicted octanol–water partition coefficient (Wildman–Crippen LogP) is 0.110. The van der Waals surface area contributed by atoms with Gasteiger partial charge in [0.25, 0.3) is 0 Å². The molecule has 13 heavy (non-hydrogen) atoms. The Bertz CT molecular complexity index is 389. The molecule has 2 nitrogen and oxygen atoms in total. The summed E-state index contributed by atoms with van der Waals surface area (Å²) >= 11 is 0. The molecule has 0 aliphatic rings. The van der Waals surface area contributed by atoms with Crippen molar-refractivity contribution in [3.05, 3.63) is 42.1 Å². The third kappa shape index (κ3) is 2.06. The van der Waals surface area contributed by atoms with Crippen LogP contribution in [0.1, 0.15) is 0 Å². The smallest absolute Gasteiger partial charge is 0.698 e. The molecule has 0 aliphatic carbocycles. The summed E-state index contributed by atoms with van der Waals surface area (Å²) in [5.74, 6) is 0. The van der Waals surface area contributed by atoms with E-state index in [2.05, 4.69) is 0 Å². The Hall–Kier alpha value is -0.0636. The van der Waals surface area contributed by atoms with E-state index in [0.29, 0.717) is 11.4 Å². The van der Waals surface area contributed by atoms with Gasteiger partial charge in [0, 0.05) is 5.69 Å². The molecule has 0 aliphatic heterocycles. The Morgan fingerprint density at radius 2 is 1.62 bits per heavy atom. The molecule has 0 radical (unpaired) electrons. The van der Waals surface area contributed by atoms with Gasteiger partial charge >= 0.3 is 51.4 Å². The van der Waals surface area contributed by atoms with Crippen LogP contribution in [-0.4, -0.2) is 0 Å². The van der Waals surface area contributed by atoms with Gasteiger partial charge < -0.3 is 11.5 Å². The molecule has 3 N–H and O–H groups in total. The number of nitrogen functional groups attached to an aromatic ring is 1. The average molecular weight is 196 g/mol. The number of benzene rings is 2. The van der Waals surface area contributed by atoms with Crippen LogP contribution in [0, 0.1) is 0 Å². The molecule has 0 bridgehead atoms. The van der Waals surface area contributed by atoms with Crippen molar-refractivity contribution in [2.24, 2.45) is 0 Å². The second-order valence-electron chi connectivity index (χ2n) is 2.75. The average Bonchev–Trinajstić information content (AvgIpc) is 2.04. The van der Waals surface area contributed by atoms with Crippen molar-refractivity contribution in [2.45, 2.75) is 0 Å². The van der Waals surface area contributed by atoms with Crippen molar-refractivity contribution in [3.63, 3.8) is 0 Å². The maximum absolute atomic E-state index is 7.62. The minimum Gasteiger partial charge on any atom is -0.698 e. The standard InChI is InChI=1S/C10H9N2.K/c11-8-5-1-3-7-4-2-6-9(12)10(7)8;/h1-6,11H,12H2;/q-1;+1. The van der Waals surface area contributed by atoms with Gasteiger partial charge in [0.2, 0.25) is 0 Å². The van der Waals surface area contributed by atoms with Crippen LogP contribution >= 0.6 is 0 Å². The molecular weight excluding hydrogens is 187 g/mol. The van der Waals surface area contributed by atoms with Crippen LogP contribution in [0.25, 0.3) is 16.5 Å². The van der Waals surface area contributed by atoms with Crippen molar-refractivity contribution >= 4 is 22.1 Å². The fourth-order valence-electron chi connectivity index (χ4n) is 1.37. The van der Waals surface area contributed by atoms with E-state index in [0.717, 1.165) is 10.8 Å². The van der Waals surface area contributed by atoms with E-state index < -0.39 is 0 Å². The first kappa shape index (κ1) is 11.0. The Balaban J connectivity index is 0.000000845. The van der Waals surface area contributed by atoms with Crippen LogP contribution in [0.4, 0.5) is 11.4 Å². The van der Waals surface area contributed by atoms with Gasteiger partial charge in [0.15, 0.2) is 0 Å². The molecule has 0 amide bonds. The van der Waals surface area contributed by atoms with E-state index in [4.69, 9.17) is 11.5 Å².